The summed E-state index contributed by atoms with van der Waals surface area (Å²) in [6.07, 6.45) is 4.70. The molecule has 1 spiro atoms. The summed E-state index contributed by atoms with van der Waals surface area (Å²) >= 11 is 1.70. The number of nitrogens with one attached hydrogen (secondary N) is 1. The Morgan fingerprint density at radius 2 is 1.54 bits per heavy atom. The summed E-state index contributed by atoms with van der Waals surface area (Å²) in [5.74, 6) is 2.10. The molecule has 6 heteroatoms. The molecule has 2 aromatic carbocycles. The van der Waals surface area contributed by atoms with Crippen molar-refractivity contribution in [3.63, 3.8) is 0 Å². The summed E-state index contributed by atoms with van der Waals surface area (Å²) < 4.78 is 10.8. The molecule has 37 heavy (non-hydrogen) atoms. The van der Waals surface area contributed by atoms with Crippen LogP contribution >= 0.6 is 11.3 Å². The third kappa shape index (κ3) is 5.04. The fourth-order valence-electron chi connectivity index (χ4n) is 6.19. The fraction of sp³-hybridized carbons (Fsp3) is 0.419. The first-order valence-corrected chi connectivity index (χ1v) is 13.7. The molecule has 2 fully saturated rings. The SMILES string of the molecule is COc1cc(OC)cc(-c2ccc(Cc3c(C)sc(C)c3C(=O)NC3CC4(C3)CC(C(C)=O)C4)cc2)c1. The molecule has 1 heterocycles. The third-order valence-corrected chi connectivity index (χ3v) is 9.32. The second kappa shape index (κ2) is 9.97. The zero-order valence-corrected chi connectivity index (χ0v) is 23.1. The molecule has 5 rings (SSSR count). The lowest BCUT2D eigenvalue weighted by molar-refractivity contribution is -0.134. The zero-order valence-electron chi connectivity index (χ0n) is 22.3. The van der Waals surface area contributed by atoms with E-state index in [1.165, 1.54) is 10.4 Å². The Bertz CT molecular complexity index is 1300. The Balaban J connectivity index is 1.27. The molecule has 2 saturated carbocycles. The summed E-state index contributed by atoms with van der Waals surface area (Å²) in [7, 11) is 3.31. The fourth-order valence-corrected chi connectivity index (χ4v) is 7.26. The number of hydrogen-bond acceptors (Lipinski definition) is 5. The largest absolute Gasteiger partial charge is 0.497 e. The molecule has 0 unspecified atom stereocenters. The van der Waals surface area contributed by atoms with Crippen LogP contribution in [0, 0.1) is 25.2 Å². The van der Waals surface area contributed by atoms with E-state index in [4.69, 9.17) is 9.47 Å². The third-order valence-electron chi connectivity index (χ3n) is 8.26. The van der Waals surface area contributed by atoms with E-state index in [2.05, 4.69) is 36.5 Å². The van der Waals surface area contributed by atoms with E-state index in [1.807, 2.05) is 25.1 Å². The van der Waals surface area contributed by atoms with Crippen LogP contribution in [0.5, 0.6) is 11.5 Å². The van der Waals surface area contributed by atoms with Gasteiger partial charge in [-0.15, -0.1) is 11.3 Å². The molecule has 0 bridgehead atoms. The average molecular weight is 518 g/mol. The van der Waals surface area contributed by atoms with E-state index < -0.39 is 0 Å². The Labute approximate surface area is 223 Å². The number of carbonyl (C=O) groups excluding carboxylic acids is 2. The molecule has 194 valence electrons. The number of thiophene rings is 1. The number of ketones is 1. The maximum atomic E-state index is 13.4. The quantitative estimate of drug-likeness (QED) is 0.370. The summed E-state index contributed by atoms with van der Waals surface area (Å²) in [5, 5.41) is 3.29. The first-order valence-electron chi connectivity index (χ1n) is 12.9. The number of carbonyl (C=O) groups is 2. The average Bonchev–Trinajstić information content (AvgIpc) is 3.11. The monoisotopic (exact) mass is 517 g/mol. The second-order valence-corrected chi connectivity index (χ2v) is 12.3. The van der Waals surface area contributed by atoms with E-state index >= 15 is 0 Å². The summed E-state index contributed by atoms with van der Waals surface area (Å²) in [6.45, 7) is 5.85. The molecule has 0 atom stereocenters. The van der Waals surface area contributed by atoms with Crippen molar-refractivity contribution in [2.75, 3.05) is 14.2 Å². The lowest BCUT2D eigenvalue weighted by atomic mass is 9.49. The molecule has 3 aromatic rings. The number of amides is 1. The first kappa shape index (κ1) is 25.5. The Morgan fingerprint density at radius 1 is 0.919 bits per heavy atom. The Morgan fingerprint density at radius 3 is 2.11 bits per heavy atom. The van der Waals surface area contributed by atoms with Gasteiger partial charge in [-0.1, -0.05) is 24.3 Å². The number of hydrogen-bond donors (Lipinski definition) is 1. The van der Waals surface area contributed by atoms with Gasteiger partial charge in [-0.2, -0.15) is 0 Å². The van der Waals surface area contributed by atoms with Crippen molar-refractivity contribution in [2.45, 2.75) is 58.9 Å². The number of benzene rings is 2. The highest BCUT2D eigenvalue weighted by Crippen LogP contribution is 2.58. The maximum absolute atomic E-state index is 13.4. The van der Waals surface area contributed by atoms with Gasteiger partial charge in [0.15, 0.2) is 0 Å². The topological polar surface area (TPSA) is 64.6 Å². The molecule has 0 saturated heterocycles. The van der Waals surface area contributed by atoms with Crippen LogP contribution in [0.15, 0.2) is 42.5 Å². The van der Waals surface area contributed by atoms with E-state index in [0.29, 0.717) is 11.2 Å². The van der Waals surface area contributed by atoms with Crippen LogP contribution in [0.1, 0.15) is 63.8 Å². The van der Waals surface area contributed by atoms with E-state index in [9.17, 15) is 9.59 Å². The highest BCUT2D eigenvalue weighted by atomic mass is 32.1. The van der Waals surface area contributed by atoms with Gasteiger partial charge in [0, 0.05) is 27.8 Å². The van der Waals surface area contributed by atoms with Crippen molar-refractivity contribution < 1.29 is 19.1 Å². The van der Waals surface area contributed by atoms with Crippen molar-refractivity contribution in [2.24, 2.45) is 11.3 Å². The minimum Gasteiger partial charge on any atom is -0.497 e. The van der Waals surface area contributed by atoms with Gasteiger partial charge < -0.3 is 14.8 Å². The van der Waals surface area contributed by atoms with Crippen molar-refractivity contribution in [3.8, 4) is 22.6 Å². The molecule has 2 aliphatic carbocycles. The highest BCUT2D eigenvalue weighted by Gasteiger charge is 2.54. The molecule has 1 aromatic heterocycles. The standard InChI is InChI=1S/C31H35NO4S/c1-18(33)24-14-31(15-24)16-25(17-31)32-30(34)29-20(3)37-19(2)28(29)10-21-6-8-22(9-7-21)23-11-26(35-4)13-27(12-23)36-5/h6-9,11-13,24-25H,10,14-17H2,1-5H3,(H,32,34). The highest BCUT2D eigenvalue weighted by molar-refractivity contribution is 7.12. The molecule has 0 radical (unpaired) electrons. The minimum absolute atomic E-state index is 0.0410. The number of Topliss-reactive ketones (excluding diaryl/α,β-unsaturated/α-hetero) is 1. The van der Waals surface area contributed by atoms with Gasteiger partial charge in [-0.05, 0) is 92.7 Å². The van der Waals surface area contributed by atoms with E-state index in [-0.39, 0.29) is 17.9 Å². The van der Waals surface area contributed by atoms with Crippen LogP contribution in [-0.4, -0.2) is 32.0 Å². The molecule has 2 aliphatic rings. The predicted octanol–water partition coefficient (Wildman–Crippen LogP) is 6.52. The van der Waals surface area contributed by atoms with E-state index in [0.717, 1.165) is 70.7 Å². The van der Waals surface area contributed by atoms with Crippen molar-refractivity contribution in [1.29, 1.82) is 0 Å². The number of aryl methyl sites for hydroxylation is 2. The van der Waals surface area contributed by atoms with Crippen LogP contribution in [-0.2, 0) is 11.2 Å². The number of methoxy groups -OCH3 is 2. The van der Waals surface area contributed by atoms with Crippen LogP contribution < -0.4 is 14.8 Å². The predicted molar refractivity (Wildman–Crippen MR) is 148 cm³/mol. The molecule has 1 amide bonds. The van der Waals surface area contributed by atoms with Crippen molar-refractivity contribution in [3.05, 3.63) is 68.9 Å². The van der Waals surface area contributed by atoms with Gasteiger partial charge in [-0.3, -0.25) is 9.59 Å². The maximum Gasteiger partial charge on any atom is 0.252 e. The van der Waals surface area contributed by atoms with Crippen LogP contribution in [0.25, 0.3) is 11.1 Å². The minimum atomic E-state index is 0.0410. The number of rotatable bonds is 8. The van der Waals surface area contributed by atoms with Gasteiger partial charge >= 0.3 is 0 Å². The summed E-state index contributed by atoms with van der Waals surface area (Å²) in [5.41, 5.74) is 5.53. The van der Waals surface area contributed by atoms with Crippen LogP contribution in [0.2, 0.25) is 0 Å². The molecule has 5 nitrogen and oxygen atoms in total. The lowest BCUT2D eigenvalue weighted by Crippen LogP contribution is -2.57. The van der Waals surface area contributed by atoms with Gasteiger partial charge in [0.2, 0.25) is 0 Å². The van der Waals surface area contributed by atoms with Gasteiger partial charge in [-0.25, -0.2) is 0 Å². The molecule has 1 N–H and O–H groups in total. The second-order valence-electron chi connectivity index (χ2n) is 10.8. The Kier molecular flexibility index (Phi) is 6.88. The Hall–Kier alpha value is -3.12. The summed E-state index contributed by atoms with van der Waals surface area (Å²) in [6, 6.07) is 14.6. The van der Waals surface area contributed by atoms with Gasteiger partial charge in [0.1, 0.15) is 17.3 Å². The summed E-state index contributed by atoms with van der Waals surface area (Å²) in [4.78, 5) is 27.2. The van der Waals surface area contributed by atoms with Gasteiger partial charge in [0.05, 0.1) is 19.8 Å². The van der Waals surface area contributed by atoms with Crippen LogP contribution in [0.4, 0.5) is 0 Å². The van der Waals surface area contributed by atoms with Gasteiger partial charge in [0.25, 0.3) is 5.91 Å². The number of ether oxygens (including phenoxy) is 2. The first-order chi connectivity index (χ1) is 17.7. The van der Waals surface area contributed by atoms with E-state index in [1.54, 1.807) is 32.5 Å². The zero-order chi connectivity index (χ0) is 26.3. The molecular weight excluding hydrogens is 482 g/mol. The smallest absolute Gasteiger partial charge is 0.252 e. The van der Waals surface area contributed by atoms with Crippen molar-refractivity contribution in [1.82, 2.24) is 5.32 Å². The molecular formula is C31H35NO4S. The lowest BCUT2D eigenvalue weighted by Gasteiger charge is -2.57. The molecule has 0 aliphatic heterocycles. The normalized spacial score (nSPS) is 22.2. The van der Waals surface area contributed by atoms with Crippen molar-refractivity contribution >= 4 is 23.0 Å². The van der Waals surface area contributed by atoms with Crippen LogP contribution in [0.3, 0.4) is 0 Å².